The predicted octanol–water partition coefficient (Wildman–Crippen LogP) is 3.76. The summed E-state index contributed by atoms with van der Waals surface area (Å²) in [5.41, 5.74) is 1.02. The fourth-order valence-corrected chi connectivity index (χ4v) is 1.90. The van der Waals surface area contributed by atoms with E-state index in [2.05, 4.69) is 14.8 Å². The lowest BCUT2D eigenvalue weighted by Crippen LogP contribution is -2.25. The molecule has 0 saturated carbocycles. The molecule has 0 saturated heterocycles. The van der Waals surface area contributed by atoms with Crippen LogP contribution in [0.1, 0.15) is 5.56 Å². The van der Waals surface area contributed by atoms with Crippen LogP contribution in [-0.2, 0) is 6.54 Å². The summed E-state index contributed by atoms with van der Waals surface area (Å²) in [4.78, 5) is 0. The Labute approximate surface area is 112 Å². The van der Waals surface area contributed by atoms with Crippen LogP contribution in [0.4, 0.5) is 18.9 Å². The first-order chi connectivity index (χ1) is 9.53. The second kappa shape index (κ2) is 4.63. The van der Waals surface area contributed by atoms with Crippen molar-refractivity contribution in [2.24, 2.45) is 0 Å². The molecule has 2 aromatic rings. The van der Waals surface area contributed by atoms with Gasteiger partial charge in [-0.1, -0.05) is 18.2 Å². The number of halogens is 3. The van der Waals surface area contributed by atoms with Gasteiger partial charge in [0, 0.05) is 23.9 Å². The van der Waals surface area contributed by atoms with Gasteiger partial charge >= 0.3 is 6.29 Å². The van der Waals surface area contributed by atoms with Gasteiger partial charge in [-0.05, 0) is 18.2 Å². The molecular formula is C14H10F3NO2. The van der Waals surface area contributed by atoms with E-state index in [1.807, 2.05) is 0 Å². The highest BCUT2D eigenvalue weighted by Crippen LogP contribution is 2.42. The zero-order valence-corrected chi connectivity index (χ0v) is 10.2. The van der Waals surface area contributed by atoms with Crippen molar-refractivity contribution in [3.05, 3.63) is 53.8 Å². The number of anilines is 1. The molecule has 0 unspecified atom stereocenters. The van der Waals surface area contributed by atoms with Crippen molar-refractivity contribution < 1.29 is 22.6 Å². The molecule has 20 heavy (non-hydrogen) atoms. The predicted molar refractivity (Wildman–Crippen MR) is 66.4 cm³/mol. The zero-order valence-electron chi connectivity index (χ0n) is 10.2. The highest BCUT2D eigenvalue weighted by molar-refractivity contribution is 5.56. The monoisotopic (exact) mass is 281 g/mol. The number of nitrogens with one attached hydrogen (secondary N) is 1. The van der Waals surface area contributed by atoms with E-state index in [1.54, 1.807) is 24.3 Å². The molecule has 0 amide bonds. The fourth-order valence-electron chi connectivity index (χ4n) is 1.90. The molecule has 104 valence electrons. The standard InChI is InChI=1S/C14H10F3NO2/c15-11-4-2-1-3-9(11)8-18-10-5-6-12-13(7-10)20-14(16,17)19-12/h1-7,18H,8H2. The third-order valence-corrected chi connectivity index (χ3v) is 2.84. The second-order valence-electron chi connectivity index (χ2n) is 4.27. The van der Waals surface area contributed by atoms with Crippen LogP contribution in [0.15, 0.2) is 42.5 Å². The summed E-state index contributed by atoms with van der Waals surface area (Å²) in [6.45, 7) is 0.239. The normalized spacial score (nSPS) is 15.2. The smallest absolute Gasteiger partial charge is 0.395 e. The van der Waals surface area contributed by atoms with E-state index in [0.29, 0.717) is 11.3 Å². The molecule has 1 aliphatic heterocycles. The van der Waals surface area contributed by atoms with Crippen LogP contribution >= 0.6 is 0 Å². The number of benzene rings is 2. The Balaban J connectivity index is 1.73. The molecule has 2 aromatic carbocycles. The van der Waals surface area contributed by atoms with Crippen molar-refractivity contribution in [3.8, 4) is 11.5 Å². The Morgan fingerprint density at radius 1 is 1.00 bits per heavy atom. The summed E-state index contributed by atoms with van der Waals surface area (Å²) in [6, 6.07) is 10.6. The van der Waals surface area contributed by atoms with E-state index >= 15 is 0 Å². The molecule has 1 N–H and O–H groups in total. The molecule has 0 aliphatic carbocycles. The first-order valence-electron chi connectivity index (χ1n) is 5.91. The first kappa shape index (κ1) is 12.7. The summed E-state index contributed by atoms with van der Waals surface area (Å²) in [7, 11) is 0. The molecule has 0 aromatic heterocycles. The summed E-state index contributed by atoms with van der Waals surface area (Å²) in [6.07, 6.45) is -3.63. The lowest BCUT2D eigenvalue weighted by atomic mass is 10.2. The molecule has 3 rings (SSSR count). The van der Waals surface area contributed by atoms with Crippen molar-refractivity contribution in [1.82, 2.24) is 0 Å². The number of hydrogen-bond acceptors (Lipinski definition) is 3. The van der Waals surface area contributed by atoms with Crippen molar-refractivity contribution >= 4 is 5.69 Å². The maximum Gasteiger partial charge on any atom is 0.586 e. The summed E-state index contributed by atoms with van der Waals surface area (Å²) in [5.74, 6) is -0.396. The van der Waals surface area contributed by atoms with Gasteiger partial charge in [0.25, 0.3) is 0 Å². The lowest BCUT2D eigenvalue weighted by molar-refractivity contribution is -0.286. The van der Waals surface area contributed by atoms with Gasteiger partial charge in [0.1, 0.15) is 5.82 Å². The van der Waals surface area contributed by atoms with Gasteiger partial charge in [-0.3, -0.25) is 0 Å². The molecule has 0 radical (unpaired) electrons. The Morgan fingerprint density at radius 3 is 2.55 bits per heavy atom. The van der Waals surface area contributed by atoms with Crippen LogP contribution in [0.3, 0.4) is 0 Å². The van der Waals surface area contributed by atoms with Crippen molar-refractivity contribution in [3.63, 3.8) is 0 Å². The van der Waals surface area contributed by atoms with Gasteiger partial charge in [0.2, 0.25) is 0 Å². The SMILES string of the molecule is Fc1ccccc1CNc1ccc2c(c1)OC(F)(F)O2. The van der Waals surface area contributed by atoms with E-state index in [0.717, 1.165) is 0 Å². The van der Waals surface area contributed by atoms with Crippen molar-refractivity contribution in [2.45, 2.75) is 12.8 Å². The Kier molecular flexibility index (Phi) is 2.93. The van der Waals surface area contributed by atoms with Crippen molar-refractivity contribution in [2.75, 3.05) is 5.32 Å². The molecule has 3 nitrogen and oxygen atoms in total. The number of alkyl halides is 2. The second-order valence-corrected chi connectivity index (χ2v) is 4.27. The molecule has 1 aliphatic rings. The van der Waals surface area contributed by atoms with Gasteiger partial charge in [0.05, 0.1) is 0 Å². The summed E-state index contributed by atoms with van der Waals surface area (Å²) in [5, 5.41) is 2.94. The van der Waals surface area contributed by atoms with Crippen molar-refractivity contribution in [1.29, 1.82) is 0 Å². The van der Waals surface area contributed by atoms with Crippen LogP contribution in [0.2, 0.25) is 0 Å². The largest absolute Gasteiger partial charge is 0.586 e. The summed E-state index contributed by atoms with van der Waals surface area (Å²) < 4.78 is 47.8. The number of ether oxygens (including phenoxy) is 2. The third kappa shape index (κ3) is 2.49. The maximum absolute atomic E-state index is 13.4. The molecule has 0 fully saturated rings. The van der Waals surface area contributed by atoms with E-state index in [4.69, 9.17) is 0 Å². The number of fused-ring (bicyclic) bond motifs is 1. The topological polar surface area (TPSA) is 30.5 Å². The minimum atomic E-state index is -3.63. The average molecular weight is 281 g/mol. The fraction of sp³-hybridized carbons (Fsp3) is 0.143. The van der Waals surface area contributed by atoms with Gasteiger partial charge < -0.3 is 14.8 Å². The van der Waals surface area contributed by atoms with Gasteiger partial charge in [-0.2, -0.15) is 0 Å². The van der Waals surface area contributed by atoms with E-state index in [9.17, 15) is 13.2 Å². The molecule has 0 spiro atoms. The van der Waals surface area contributed by atoms with E-state index in [1.165, 1.54) is 18.2 Å². The number of rotatable bonds is 3. The molecule has 1 heterocycles. The van der Waals surface area contributed by atoms with Crippen LogP contribution in [-0.4, -0.2) is 6.29 Å². The maximum atomic E-state index is 13.4. The minimum Gasteiger partial charge on any atom is -0.395 e. The summed E-state index contributed by atoms with van der Waals surface area (Å²) >= 11 is 0. The molecular weight excluding hydrogens is 271 g/mol. The minimum absolute atomic E-state index is 0.0218. The van der Waals surface area contributed by atoms with E-state index in [-0.39, 0.29) is 23.9 Å². The highest BCUT2D eigenvalue weighted by atomic mass is 19.3. The van der Waals surface area contributed by atoms with Crippen LogP contribution in [0.25, 0.3) is 0 Å². The Morgan fingerprint density at radius 2 is 1.75 bits per heavy atom. The number of hydrogen-bond donors (Lipinski definition) is 1. The van der Waals surface area contributed by atoms with E-state index < -0.39 is 6.29 Å². The molecule has 0 atom stereocenters. The Hall–Kier alpha value is -2.37. The van der Waals surface area contributed by atoms with Gasteiger partial charge in [0.15, 0.2) is 11.5 Å². The van der Waals surface area contributed by atoms with Gasteiger partial charge in [-0.25, -0.2) is 4.39 Å². The van der Waals surface area contributed by atoms with Crippen LogP contribution in [0, 0.1) is 5.82 Å². The van der Waals surface area contributed by atoms with Crippen LogP contribution in [0.5, 0.6) is 11.5 Å². The average Bonchev–Trinajstić information content (AvgIpc) is 2.71. The first-order valence-corrected chi connectivity index (χ1v) is 5.91. The quantitative estimate of drug-likeness (QED) is 0.929. The Bertz CT molecular complexity index is 646. The lowest BCUT2D eigenvalue weighted by Gasteiger charge is -2.08. The van der Waals surface area contributed by atoms with Crippen LogP contribution < -0.4 is 14.8 Å². The third-order valence-electron chi connectivity index (χ3n) is 2.84. The van der Waals surface area contributed by atoms with Gasteiger partial charge in [-0.15, -0.1) is 8.78 Å². The molecule has 6 heteroatoms. The zero-order chi connectivity index (χ0) is 14.2. The molecule has 0 bridgehead atoms. The highest BCUT2D eigenvalue weighted by Gasteiger charge is 2.43.